The van der Waals surface area contributed by atoms with E-state index in [0.717, 1.165) is 34.1 Å². The van der Waals surface area contributed by atoms with E-state index in [2.05, 4.69) is 22.1 Å². The van der Waals surface area contributed by atoms with Gasteiger partial charge in [0.05, 0.1) is 11.0 Å². The van der Waals surface area contributed by atoms with Gasteiger partial charge in [-0.25, -0.2) is 9.18 Å². The second kappa shape index (κ2) is 6.13. The number of aromatic nitrogens is 2. The van der Waals surface area contributed by atoms with Crippen LogP contribution in [0.25, 0.3) is 11.0 Å². The van der Waals surface area contributed by atoms with Crippen LogP contribution in [0.4, 0.5) is 4.39 Å². The predicted octanol–water partition coefficient (Wildman–Crippen LogP) is 4.26. The van der Waals surface area contributed by atoms with Gasteiger partial charge in [-0.15, -0.1) is 0 Å². The Bertz CT molecular complexity index is 1210. The molecule has 2 heterocycles. The van der Waals surface area contributed by atoms with Gasteiger partial charge in [-0.1, -0.05) is 36.4 Å². The van der Waals surface area contributed by atoms with Crippen LogP contribution in [0.2, 0.25) is 0 Å². The van der Waals surface area contributed by atoms with E-state index in [1.165, 1.54) is 17.7 Å². The molecule has 1 aromatic heterocycles. The molecular weight excluding hydrogens is 343 g/mol. The fourth-order valence-corrected chi connectivity index (χ4v) is 3.91. The normalized spacial score (nSPS) is 15.7. The molecule has 0 aliphatic carbocycles. The smallest absolute Gasteiger partial charge is 0.323 e. The zero-order chi connectivity index (χ0) is 18.4. The zero-order valence-electron chi connectivity index (χ0n) is 14.5. The van der Waals surface area contributed by atoms with E-state index in [0.29, 0.717) is 12.4 Å². The third-order valence-corrected chi connectivity index (χ3v) is 5.18. The molecule has 1 aliphatic heterocycles. The molecule has 27 heavy (non-hydrogen) atoms. The molecule has 0 saturated carbocycles. The topological polar surface area (TPSA) is 57.9 Å². The third-order valence-electron chi connectivity index (χ3n) is 5.18. The number of imidazole rings is 1. The number of halogens is 1. The van der Waals surface area contributed by atoms with E-state index in [4.69, 9.17) is 4.74 Å². The number of ether oxygens (including phenoxy) is 1. The van der Waals surface area contributed by atoms with Crippen molar-refractivity contribution in [2.45, 2.75) is 18.9 Å². The number of rotatable bonds is 2. The maximum absolute atomic E-state index is 13.8. The van der Waals surface area contributed by atoms with Gasteiger partial charge in [-0.2, -0.15) is 0 Å². The lowest BCUT2D eigenvalue weighted by molar-refractivity contribution is 0.305. The molecule has 1 atom stereocenters. The average molecular weight is 360 g/mol. The molecule has 0 saturated heterocycles. The minimum atomic E-state index is -0.301. The van der Waals surface area contributed by atoms with E-state index >= 15 is 0 Å². The van der Waals surface area contributed by atoms with Crippen LogP contribution < -0.4 is 10.4 Å². The molecule has 0 bridgehead atoms. The Morgan fingerprint density at radius 2 is 1.81 bits per heavy atom. The van der Waals surface area contributed by atoms with Crippen LogP contribution in [0.5, 0.6) is 5.75 Å². The van der Waals surface area contributed by atoms with E-state index < -0.39 is 0 Å². The van der Waals surface area contributed by atoms with E-state index in [1.807, 2.05) is 36.4 Å². The summed E-state index contributed by atoms with van der Waals surface area (Å²) in [6.45, 7) is 0.424. The van der Waals surface area contributed by atoms with Crippen molar-refractivity contribution in [1.29, 1.82) is 0 Å². The first-order chi connectivity index (χ1) is 13.2. The second-order valence-electron chi connectivity index (χ2n) is 6.89. The lowest BCUT2D eigenvalue weighted by atomic mass is 9.84. The Hall–Kier alpha value is -3.34. The van der Waals surface area contributed by atoms with Crippen LogP contribution >= 0.6 is 0 Å². The van der Waals surface area contributed by atoms with Crippen LogP contribution in [0.3, 0.4) is 0 Å². The molecule has 4 aromatic rings. The van der Waals surface area contributed by atoms with Crippen LogP contribution in [-0.2, 0) is 13.0 Å². The van der Waals surface area contributed by atoms with Gasteiger partial charge in [-0.05, 0) is 41.3 Å². The summed E-state index contributed by atoms with van der Waals surface area (Å²) < 4.78 is 19.7. The number of fused-ring (bicyclic) bond motifs is 3. The summed E-state index contributed by atoms with van der Waals surface area (Å²) in [7, 11) is 0. The summed E-state index contributed by atoms with van der Waals surface area (Å²) in [5.41, 5.74) is 5.72. The summed E-state index contributed by atoms with van der Waals surface area (Å²) in [5.74, 6) is 0.333. The molecular formula is C22H17FN2O2. The van der Waals surface area contributed by atoms with Gasteiger partial charge >= 0.3 is 5.69 Å². The molecule has 0 spiro atoms. The quantitative estimate of drug-likeness (QED) is 0.561. The number of nitrogens with one attached hydrogen (secondary N) is 2. The molecule has 5 rings (SSSR count). The van der Waals surface area contributed by atoms with Crippen molar-refractivity contribution in [2.75, 3.05) is 0 Å². The molecule has 0 amide bonds. The largest absolute Gasteiger partial charge is 0.488 e. The first-order valence-electron chi connectivity index (χ1n) is 8.88. The number of hydrogen-bond donors (Lipinski definition) is 2. The van der Waals surface area contributed by atoms with Crippen molar-refractivity contribution in [3.8, 4) is 5.75 Å². The Morgan fingerprint density at radius 3 is 2.74 bits per heavy atom. The summed E-state index contributed by atoms with van der Waals surface area (Å²) in [6, 6.07) is 18.8. The summed E-state index contributed by atoms with van der Waals surface area (Å²) >= 11 is 0. The highest BCUT2D eigenvalue weighted by atomic mass is 19.1. The van der Waals surface area contributed by atoms with E-state index in [-0.39, 0.29) is 17.4 Å². The van der Waals surface area contributed by atoms with Crippen LogP contribution in [-0.4, -0.2) is 9.97 Å². The molecule has 0 fully saturated rings. The molecule has 3 aromatic carbocycles. The maximum atomic E-state index is 13.8. The lowest BCUT2D eigenvalue weighted by Crippen LogP contribution is -2.06. The molecule has 0 radical (unpaired) electrons. The zero-order valence-corrected chi connectivity index (χ0v) is 14.5. The van der Waals surface area contributed by atoms with Crippen LogP contribution in [0.15, 0.2) is 65.5 Å². The van der Waals surface area contributed by atoms with Gasteiger partial charge in [0.2, 0.25) is 0 Å². The maximum Gasteiger partial charge on any atom is 0.323 e. The summed E-state index contributed by atoms with van der Waals surface area (Å²) in [6.07, 6.45) is 0.724. The monoisotopic (exact) mass is 360 g/mol. The van der Waals surface area contributed by atoms with Gasteiger partial charge in [-0.3, -0.25) is 0 Å². The molecule has 134 valence electrons. The van der Waals surface area contributed by atoms with Crippen molar-refractivity contribution in [2.24, 2.45) is 0 Å². The van der Waals surface area contributed by atoms with Gasteiger partial charge in [0.1, 0.15) is 18.2 Å². The lowest BCUT2D eigenvalue weighted by Gasteiger charge is -2.19. The summed E-state index contributed by atoms with van der Waals surface area (Å²) in [5, 5.41) is 0. The highest BCUT2D eigenvalue weighted by Crippen LogP contribution is 2.39. The third kappa shape index (κ3) is 2.81. The average Bonchev–Trinajstić information content (AvgIpc) is 2.97. The standard InChI is InChI=1S/C22H17FN2O2/c23-15-6-7-17-18(9-13-5-8-19-20(10-13)25-22(26)24-19)16-4-2-1-3-14(16)12-27-21(17)11-15/h1-8,10-11,18H,9,12H2,(H2,24,25,26). The second-order valence-corrected chi connectivity index (χ2v) is 6.89. The first-order valence-corrected chi connectivity index (χ1v) is 8.88. The fourth-order valence-electron chi connectivity index (χ4n) is 3.91. The van der Waals surface area contributed by atoms with Gasteiger partial charge in [0, 0.05) is 17.5 Å². The minimum Gasteiger partial charge on any atom is -0.488 e. The molecule has 4 nitrogen and oxygen atoms in total. The van der Waals surface area contributed by atoms with Crippen molar-refractivity contribution in [3.05, 3.63) is 99.2 Å². The van der Waals surface area contributed by atoms with Crippen LogP contribution in [0, 0.1) is 5.82 Å². The number of hydrogen-bond acceptors (Lipinski definition) is 2. The Labute approximate surface area is 154 Å². The minimum absolute atomic E-state index is 0.0439. The Balaban J connectivity index is 1.63. The van der Waals surface area contributed by atoms with Crippen molar-refractivity contribution in [1.82, 2.24) is 9.97 Å². The molecule has 1 aliphatic rings. The van der Waals surface area contributed by atoms with E-state index in [9.17, 15) is 9.18 Å². The summed E-state index contributed by atoms with van der Waals surface area (Å²) in [4.78, 5) is 17.1. The van der Waals surface area contributed by atoms with Crippen molar-refractivity contribution >= 4 is 11.0 Å². The fraction of sp³-hybridized carbons (Fsp3) is 0.136. The van der Waals surface area contributed by atoms with E-state index in [1.54, 1.807) is 0 Å². The van der Waals surface area contributed by atoms with Gasteiger partial charge < -0.3 is 14.7 Å². The number of H-pyrrole nitrogens is 2. The Morgan fingerprint density at radius 1 is 0.963 bits per heavy atom. The van der Waals surface area contributed by atoms with Crippen molar-refractivity contribution < 1.29 is 9.13 Å². The Kier molecular flexibility index (Phi) is 3.60. The molecule has 5 heteroatoms. The first kappa shape index (κ1) is 15.9. The highest BCUT2D eigenvalue weighted by molar-refractivity contribution is 5.75. The highest BCUT2D eigenvalue weighted by Gasteiger charge is 2.25. The number of benzene rings is 3. The van der Waals surface area contributed by atoms with Gasteiger partial charge in [0.25, 0.3) is 0 Å². The molecule has 2 N–H and O–H groups in total. The predicted molar refractivity (Wildman–Crippen MR) is 102 cm³/mol. The number of aromatic amines is 2. The molecule has 1 unspecified atom stereocenters. The SMILES string of the molecule is O=c1[nH]c2ccc(CC3c4ccccc4COc4cc(F)ccc43)cc2[nH]1. The van der Waals surface area contributed by atoms with Crippen LogP contribution in [0.1, 0.15) is 28.2 Å². The van der Waals surface area contributed by atoms with Gasteiger partial charge in [0.15, 0.2) is 0 Å². The van der Waals surface area contributed by atoms with Crippen molar-refractivity contribution in [3.63, 3.8) is 0 Å².